The van der Waals surface area contributed by atoms with Crippen LogP contribution in [-0.4, -0.2) is 6.54 Å². The van der Waals surface area contributed by atoms with E-state index in [9.17, 15) is 0 Å². The normalized spacial score (nSPS) is 10.8. The van der Waals surface area contributed by atoms with Gasteiger partial charge in [-0.1, -0.05) is 23.3 Å². The second-order valence-corrected chi connectivity index (χ2v) is 4.31. The Hall–Kier alpha value is -1.77. The summed E-state index contributed by atoms with van der Waals surface area (Å²) in [5, 5.41) is 6.85. The lowest BCUT2D eigenvalue weighted by Gasteiger charge is -1.93. The zero-order chi connectivity index (χ0) is 11.2. The number of fused-ring (bicyclic) bond motifs is 1. The molecule has 0 spiro atoms. The first kappa shape index (κ1) is 10.7. The molecule has 3 nitrogen and oxygen atoms in total. The van der Waals surface area contributed by atoms with E-state index < -0.39 is 0 Å². The Morgan fingerprint density at radius 2 is 2.31 bits per heavy atom. The molecule has 0 saturated heterocycles. The van der Waals surface area contributed by atoms with E-state index in [2.05, 4.69) is 45.7 Å². The fourth-order valence-corrected chi connectivity index (χ4v) is 2.26. The SMILES string of the molecule is [N-]=[N+]=NCCC=Cc1ccc2sccc2c1. The monoisotopic (exact) mass is 229 g/mol. The Bertz CT molecular complexity index is 550. The van der Waals surface area contributed by atoms with Crippen LogP contribution in [0.1, 0.15) is 12.0 Å². The van der Waals surface area contributed by atoms with Crippen LogP contribution in [0.3, 0.4) is 0 Å². The van der Waals surface area contributed by atoms with Gasteiger partial charge >= 0.3 is 0 Å². The van der Waals surface area contributed by atoms with Crippen molar-refractivity contribution < 1.29 is 0 Å². The molecular formula is C12H11N3S. The lowest BCUT2D eigenvalue weighted by molar-refractivity contribution is 0.996. The van der Waals surface area contributed by atoms with E-state index in [-0.39, 0.29) is 0 Å². The van der Waals surface area contributed by atoms with E-state index in [4.69, 9.17) is 5.53 Å². The van der Waals surface area contributed by atoms with E-state index in [1.54, 1.807) is 11.3 Å². The van der Waals surface area contributed by atoms with E-state index in [0.29, 0.717) is 6.54 Å². The molecule has 16 heavy (non-hydrogen) atoms. The van der Waals surface area contributed by atoms with Crippen molar-refractivity contribution in [1.29, 1.82) is 0 Å². The van der Waals surface area contributed by atoms with Crippen LogP contribution < -0.4 is 0 Å². The van der Waals surface area contributed by atoms with Crippen molar-refractivity contribution in [2.24, 2.45) is 5.11 Å². The molecule has 0 amide bonds. The lowest BCUT2D eigenvalue weighted by atomic mass is 10.1. The number of hydrogen-bond acceptors (Lipinski definition) is 2. The van der Waals surface area contributed by atoms with Gasteiger partial charge in [-0.25, -0.2) is 0 Å². The maximum atomic E-state index is 8.11. The van der Waals surface area contributed by atoms with Gasteiger partial charge in [0.1, 0.15) is 0 Å². The zero-order valence-corrected chi connectivity index (χ0v) is 9.52. The summed E-state index contributed by atoms with van der Waals surface area (Å²) in [4.78, 5) is 2.71. The largest absolute Gasteiger partial charge is 0.144 e. The van der Waals surface area contributed by atoms with Gasteiger partial charge in [-0.05, 0) is 46.5 Å². The van der Waals surface area contributed by atoms with Crippen LogP contribution in [0.4, 0.5) is 0 Å². The fraction of sp³-hybridized carbons (Fsp3) is 0.167. The van der Waals surface area contributed by atoms with Crippen LogP contribution in [-0.2, 0) is 0 Å². The van der Waals surface area contributed by atoms with Crippen molar-refractivity contribution in [1.82, 2.24) is 0 Å². The summed E-state index contributed by atoms with van der Waals surface area (Å²) < 4.78 is 1.31. The molecule has 1 heterocycles. The molecule has 0 radical (unpaired) electrons. The molecule has 0 saturated carbocycles. The first-order valence-corrected chi connectivity index (χ1v) is 5.93. The highest BCUT2D eigenvalue weighted by Gasteiger charge is 1.94. The molecule has 0 bridgehead atoms. The summed E-state index contributed by atoms with van der Waals surface area (Å²) in [5.74, 6) is 0. The molecule has 1 aromatic heterocycles. The van der Waals surface area contributed by atoms with Crippen molar-refractivity contribution in [3.63, 3.8) is 0 Å². The van der Waals surface area contributed by atoms with Gasteiger partial charge in [0.25, 0.3) is 0 Å². The van der Waals surface area contributed by atoms with Gasteiger partial charge in [0.05, 0.1) is 0 Å². The van der Waals surface area contributed by atoms with E-state index in [0.717, 1.165) is 6.42 Å². The van der Waals surface area contributed by atoms with Crippen LogP contribution in [0.5, 0.6) is 0 Å². The van der Waals surface area contributed by atoms with Gasteiger partial charge in [-0.3, -0.25) is 0 Å². The molecule has 0 fully saturated rings. The van der Waals surface area contributed by atoms with Crippen molar-refractivity contribution in [2.45, 2.75) is 6.42 Å². The van der Waals surface area contributed by atoms with Crippen molar-refractivity contribution in [3.8, 4) is 0 Å². The molecule has 1 aromatic carbocycles. The third-order valence-corrected chi connectivity index (χ3v) is 3.14. The molecular weight excluding hydrogens is 218 g/mol. The summed E-state index contributed by atoms with van der Waals surface area (Å²) >= 11 is 1.75. The fourth-order valence-electron chi connectivity index (χ4n) is 1.49. The third-order valence-electron chi connectivity index (χ3n) is 2.25. The van der Waals surface area contributed by atoms with E-state index in [1.165, 1.54) is 15.6 Å². The highest BCUT2D eigenvalue weighted by atomic mass is 32.1. The minimum absolute atomic E-state index is 0.522. The van der Waals surface area contributed by atoms with Crippen LogP contribution in [0, 0.1) is 0 Å². The molecule has 2 aromatic rings. The summed E-state index contributed by atoms with van der Waals surface area (Å²) in [7, 11) is 0. The summed E-state index contributed by atoms with van der Waals surface area (Å²) in [6, 6.07) is 8.52. The topological polar surface area (TPSA) is 48.8 Å². The van der Waals surface area contributed by atoms with Crippen molar-refractivity contribution in [3.05, 3.63) is 51.7 Å². The van der Waals surface area contributed by atoms with Gasteiger partial charge < -0.3 is 0 Å². The molecule has 2 rings (SSSR count). The molecule has 0 unspecified atom stereocenters. The second kappa shape index (κ2) is 5.35. The number of benzene rings is 1. The molecule has 0 aliphatic carbocycles. The van der Waals surface area contributed by atoms with Crippen LogP contribution >= 0.6 is 11.3 Å². The maximum absolute atomic E-state index is 8.11. The minimum Gasteiger partial charge on any atom is -0.144 e. The Labute approximate surface area is 97.7 Å². The number of rotatable bonds is 4. The van der Waals surface area contributed by atoms with Crippen molar-refractivity contribution >= 4 is 27.5 Å². The van der Waals surface area contributed by atoms with Crippen LogP contribution in [0.25, 0.3) is 26.6 Å². The maximum Gasteiger partial charge on any atom is 0.0343 e. The Balaban J connectivity index is 2.05. The predicted octanol–water partition coefficient (Wildman–Crippen LogP) is 4.61. The first-order chi connectivity index (χ1) is 7.90. The average Bonchev–Trinajstić information content (AvgIpc) is 2.76. The Morgan fingerprint density at radius 3 is 3.19 bits per heavy atom. The highest BCUT2D eigenvalue weighted by molar-refractivity contribution is 7.17. The molecule has 0 N–H and O–H groups in total. The Morgan fingerprint density at radius 1 is 1.38 bits per heavy atom. The van der Waals surface area contributed by atoms with Gasteiger partial charge in [-0.15, -0.1) is 11.3 Å². The van der Waals surface area contributed by atoms with Gasteiger partial charge in [0.2, 0.25) is 0 Å². The molecule has 0 aliphatic rings. The van der Waals surface area contributed by atoms with E-state index in [1.807, 2.05) is 6.08 Å². The lowest BCUT2D eigenvalue weighted by Crippen LogP contribution is -1.74. The summed E-state index contributed by atoms with van der Waals surface area (Å²) in [6.45, 7) is 0.522. The first-order valence-electron chi connectivity index (χ1n) is 5.05. The molecule has 4 heteroatoms. The van der Waals surface area contributed by atoms with Gasteiger partial charge in [0.15, 0.2) is 0 Å². The predicted molar refractivity (Wildman–Crippen MR) is 69.5 cm³/mol. The van der Waals surface area contributed by atoms with Crippen molar-refractivity contribution in [2.75, 3.05) is 6.54 Å². The number of hydrogen-bond donors (Lipinski definition) is 0. The average molecular weight is 229 g/mol. The van der Waals surface area contributed by atoms with Crippen LogP contribution in [0.2, 0.25) is 0 Å². The molecule has 80 valence electrons. The standard InChI is InChI=1S/C12H11N3S/c13-15-14-7-2-1-3-10-4-5-12-11(9-10)6-8-16-12/h1,3-6,8-9H,2,7H2. The van der Waals surface area contributed by atoms with E-state index >= 15 is 0 Å². The highest BCUT2D eigenvalue weighted by Crippen LogP contribution is 2.22. The molecule has 0 atom stereocenters. The minimum atomic E-state index is 0.522. The van der Waals surface area contributed by atoms with Gasteiger partial charge in [-0.2, -0.15) is 0 Å². The smallest absolute Gasteiger partial charge is 0.0343 e. The number of nitrogens with zero attached hydrogens (tertiary/aromatic N) is 3. The summed E-state index contributed by atoms with van der Waals surface area (Å²) in [5.41, 5.74) is 9.30. The quantitative estimate of drug-likeness (QED) is 0.318. The Kier molecular flexibility index (Phi) is 3.59. The van der Waals surface area contributed by atoms with Gasteiger partial charge in [0, 0.05) is 16.2 Å². The number of thiophene rings is 1. The zero-order valence-electron chi connectivity index (χ0n) is 8.71. The third kappa shape index (κ3) is 2.63. The summed E-state index contributed by atoms with van der Waals surface area (Å²) in [6.07, 6.45) is 4.87. The second-order valence-electron chi connectivity index (χ2n) is 3.36. The molecule has 0 aliphatic heterocycles. The van der Waals surface area contributed by atoms with Crippen LogP contribution in [0.15, 0.2) is 40.8 Å². The number of azide groups is 1.